The Kier molecular flexibility index (Phi) is 3.65. The number of oxazole rings is 1. The maximum Gasteiger partial charge on any atom is 0.370 e. The predicted octanol–water partition coefficient (Wildman–Crippen LogP) is 4.27. The first kappa shape index (κ1) is 14.0. The van der Waals surface area contributed by atoms with Crippen molar-refractivity contribution in [3.8, 4) is 0 Å². The summed E-state index contributed by atoms with van der Waals surface area (Å²) >= 11 is 0.311. The Morgan fingerprint density at radius 3 is 2.43 bits per heavy atom. The van der Waals surface area contributed by atoms with Gasteiger partial charge in [-0.15, -0.1) is 0 Å². The van der Waals surface area contributed by atoms with Gasteiger partial charge in [0.1, 0.15) is 5.52 Å². The van der Waals surface area contributed by atoms with Crippen LogP contribution in [0, 0.1) is 0 Å². The van der Waals surface area contributed by atoms with Crippen LogP contribution in [0.1, 0.15) is 16.8 Å². The second-order valence-corrected chi connectivity index (χ2v) is 5.71. The van der Waals surface area contributed by atoms with Crippen molar-refractivity contribution < 1.29 is 13.2 Å². The molecule has 0 saturated heterocycles. The lowest BCUT2D eigenvalue weighted by Crippen LogP contribution is -2.16. The Hall–Kier alpha value is -1.92. The molecule has 0 fully saturated rings. The number of hydrogen-bond acceptors (Lipinski definition) is 4. The molecule has 0 bridgehead atoms. The summed E-state index contributed by atoms with van der Waals surface area (Å²) in [6.45, 7) is 0. The van der Waals surface area contributed by atoms with Crippen LogP contribution in [0.5, 0.6) is 0 Å². The highest BCUT2D eigenvalue weighted by Crippen LogP contribution is 2.45. The third kappa shape index (κ3) is 2.91. The van der Waals surface area contributed by atoms with Crippen molar-refractivity contribution in [2.75, 3.05) is 0 Å². The molecule has 1 aromatic heterocycles. The molecule has 0 saturated carbocycles. The monoisotopic (exact) mass is 306 g/mol. The summed E-state index contributed by atoms with van der Waals surface area (Å²) in [5.41, 5.74) is 7.19. The highest BCUT2D eigenvalue weighted by Gasteiger charge is 2.40. The summed E-state index contributed by atoms with van der Waals surface area (Å²) in [6, 6.07) is 15.4. The zero-order chi connectivity index (χ0) is 14.9. The molecule has 6 heteroatoms. The van der Waals surface area contributed by atoms with Crippen molar-refractivity contribution in [3.05, 3.63) is 66.1 Å². The second-order valence-electron chi connectivity index (χ2n) is 4.45. The van der Waals surface area contributed by atoms with E-state index in [0.29, 0.717) is 28.4 Å². The van der Waals surface area contributed by atoms with E-state index in [-0.39, 0.29) is 0 Å². The fourth-order valence-electron chi connectivity index (χ4n) is 1.92. The van der Waals surface area contributed by atoms with Crippen molar-refractivity contribution >= 4 is 22.9 Å². The number of rotatable bonds is 4. The smallest absolute Gasteiger partial charge is 0.370 e. The second kappa shape index (κ2) is 5.46. The number of para-hydroxylation sites is 2. The normalized spacial score (nSPS) is 13.5. The van der Waals surface area contributed by atoms with Crippen LogP contribution in [0.4, 0.5) is 8.78 Å². The van der Waals surface area contributed by atoms with E-state index < -0.39 is 16.5 Å². The largest absolute Gasteiger partial charge is 0.434 e. The summed E-state index contributed by atoms with van der Waals surface area (Å²) in [6.07, 6.45) is 0. The van der Waals surface area contributed by atoms with Crippen LogP contribution >= 0.6 is 11.8 Å². The van der Waals surface area contributed by atoms with Gasteiger partial charge in [0.15, 0.2) is 5.58 Å². The van der Waals surface area contributed by atoms with Gasteiger partial charge in [0.2, 0.25) is 0 Å². The molecule has 3 rings (SSSR count). The average molecular weight is 306 g/mol. The molecule has 0 radical (unpaired) electrons. The SMILES string of the molecule is NC(SC(F)(F)c1nc2ccccc2o1)c1ccccc1. The first-order valence-corrected chi connectivity index (χ1v) is 7.16. The molecule has 1 heterocycles. The van der Waals surface area contributed by atoms with E-state index >= 15 is 0 Å². The van der Waals surface area contributed by atoms with Crippen molar-refractivity contribution in [2.24, 2.45) is 5.73 Å². The van der Waals surface area contributed by atoms with Crippen LogP contribution in [0.25, 0.3) is 11.1 Å². The van der Waals surface area contributed by atoms with Gasteiger partial charge < -0.3 is 10.2 Å². The first-order chi connectivity index (χ1) is 10.1. The van der Waals surface area contributed by atoms with Crippen LogP contribution in [0.15, 0.2) is 59.0 Å². The fraction of sp³-hybridized carbons (Fsp3) is 0.133. The first-order valence-electron chi connectivity index (χ1n) is 6.28. The lowest BCUT2D eigenvalue weighted by molar-refractivity contribution is 0.0729. The molecule has 0 spiro atoms. The van der Waals surface area contributed by atoms with Crippen molar-refractivity contribution in [3.63, 3.8) is 0 Å². The quantitative estimate of drug-likeness (QED) is 0.731. The topological polar surface area (TPSA) is 52.0 Å². The number of fused-ring (bicyclic) bond motifs is 1. The third-order valence-corrected chi connectivity index (χ3v) is 3.94. The van der Waals surface area contributed by atoms with Gasteiger partial charge in [-0.1, -0.05) is 54.2 Å². The molecule has 0 aliphatic carbocycles. The van der Waals surface area contributed by atoms with Gasteiger partial charge in [-0.05, 0) is 17.7 Å². The third-order valence-electron chi connectivity index (χ3n) is 2.95. The number of thioether (sulfide) groups is 1. The van der Waals surface area contributed by atoms with Gasteiger partial charge in [0, 0.05) is 0 Å². The van der Waals surface area contributed by atoms with Crippen LogP contribution in [-0.2, 0) is 5.25 Å². The van der Waals surface area contributed by atoms with E-state index in [2.05, 4.69) is 4.98 Å². The Morgan fingerprint density at radius 1 is 1.05 bits per heavy atom. The summed E-state index contributed by atoms with van der Waals surface area (Å²) in [5.74, 6) is -0.625. The minimum Gasteiger partial charge on any atom is -0.434 e. The lowest BCUT2D eigenvalue weighted by atomic mass is 10.2. The lowest BCUT2D eigenvalue weighted by Gasteiger charge is -2.17. The van der Waals surface area contributed by atoms with Crippen LogP contribution in [0.2, 0.25) is 0 Å². The fourth-order valence-corrected chi connectivity index (χ4v) is 2.72. The Balaban J connectivity index is 1.86. The van der Waals surface area contributed by atoms with Crippen molar-refractivity contribution in [2.45, 2.75) is 10.6 Å². The van der Waals surface area contributed by atoms with Crippen molar-refractivity contribution in [1.82, 2.24) is 4.98 Å². The Bertz CT molecular complexity index is 713. The molecule has 108 valence electrons. The maximum atomic E-state index is 14.3. The number of benzene rings is 2. The summed E-state index contributed by atoms with van der Waals surface area (Å²) in [4.78, 5) is 3.84. The van der Waals surface area contributed by atoms with Crippen LogP contribution < -0.4 is 5.73 Å². The molecule has 0 aliphatic rings. The zero-order valence-corrected chi connectivity index (χ0v) is 11.7. The number of nitrogens with two attached hydrogens (primary N) is 1. The van der Waals surface area contributed by atoms with Gasteiger partial charge in [-0.2, -0.15) is 8.78 Å². The molecule has 0 aliphatic heterocycles. The minimum absolute atomic E-state index is 0.311. The molecule has 3 aromatic rings. The number of hydrogen-bond donors (Lipinski definition) is 1. The summed E-state index contributed by atoms with van der Waals surface area (Å²) in [5, 5.41) is -4.16. The van der Waals surface area contributed by atoms with E-state index in [1.54, 1.807) is 54.6 Å². The summed E-state index contributed by atoms with van der Waals surface area (Å²) < 4.78 is 33.6. The molecule has 21 heavy (non-hydrogen) atoms. The average Bonchev–Trinajstić information content (AvgIpc) is 2.92. The molecule has 1 unspecified atom stereocenters. The van der Waals surface area contributed by atoms with Crippen LogP contribution in [-0.4, -0.2) is 4.98 Å². The van der Waals surface area contributed by atoms with Gasteiger partial charge >= 0.3 is 5.25 Å². The molecule has 1 atom stereocenters. The predicted molar refractivity (Wildman–Crippen MR) is 78.9 cm³/mol. The number of alkyl halides is 2. The van der Waals surface area contributed by atoms with Crippen molar-refractivity contribution in [1.29, 1.82) is 0 Å². The molecular formula is C15H12F2N2OS. The molecule has 2 N–H and O–H groups in total. The van der Waals surface area contributed by atoms with Gasteiger partial charge in [-0.3, -0.25) is 0 Å². The van der Waals surface area contributed by atoms with E-state index in [4.69, 9.17) is 10.2 Å². The summed E-state index contributed by atoms with van der Waals surface area (Å²) in [7, 11) is 0. The van der Waals surface area contributed by atoms with Gasteiger partial charge in [0.25, 0.3) is 5.89 Å². The van der Waals surface area contributed by atoms with E-state index in [1.165, 1.54) is 0 Å². The Labute approximate surface area is 124 Å². The van der Waals surface area contributed by atoms with E-state index in [0.717, 1.165) is 0 Å². The Morgan fingerprint density at radius 2 is 1.71 bits per heavy atom. The van der Waals surface area contributed by atoms with E-state index in [1.807, 2.05) is 0 Å². The number of aromatic nitrogens is 1. The molecule has 0 amide bonds. The number of halogens is 2. The van der Waals surface area contributed by atoms with Gasteiger partial charge in [0.05, 0.1) is 5.37 Å². The maximum absolute atomic E-state index is 14.3. The minimum atomic E-state index is -3.30. The number of nitrogens with zero attached hydrogens (tertiary/aromatic N) is 1. The zero-order valence-electron chi connectivity index (χ0n) is 10.9. The molecular weight excluding hydrogens is 294 g/mol. The standard InChI is InChI=1S/C15H12F2N2OS/c16-15(17,21-13(18)10-6-2-1-3-7-10)14-19-11-8-4-5-9-12(11)20-14/h1-9,13H,18H2. The molecule has 3 nitrogen and oxygen atoms in total. The highest BCUT2D eigenvalue weighted by molar-refractivity contribution is 8.00. The van der Waals surface area contributed by atoms with Crippen LogP contribution in [0.3, 0.4) is 0 Å². The molecule has 2 aromatic carbocycles. The highest BCUT2D eigenvalue weighted by atomic mass is 32.2. The van der Waals surface area contributed by atoms with Gasteiger partial charge in [-0.25, -0.2) is 4.98 Å². The van der Waals surface area contributed by atoms with E-state index in [9.17, 15) is 8.78 Å².